The molecule has 0 aliphatic rings. The zero-order valence-corrected chi connectivity index (χ0v) is 15.8. The Bertz CT molecular complexity index is 949. The van der Waals surface area contributed by atoms with E-state index >= 15 is 0 Å². The van der Waals surface area contributed by atoms with E-state index in [1.165, 1.54) is 6.26 Å². The second-order valence-corrected chi connectivity index (χ2v) is 6.58. The third-order valence-corrected chi connectivity index (χ3v) is 4.04. The summed E-state index contributed by atoms with van der Waals surface area (Å²) in [5.74, 6) is 0.459. The molecule has 0 radical (unpaired) electrons. The summed E-state index contributed by atoms with van der Waals surface area (Å²) in [5, 5.41) is 5.54. The molecule has 0 atom stereocenters. The molecule has 3 aromatic rings. The van der Waals surface area contributed by atoms with Crippen LogP contribution >= 0.6 is 0 Å². The monoisotopic (exact) mass is 378 g/mol. The highest BCUT2D eigenvalue weighted by atomic mass is 16.5. The van der Waals surface area contributed by atoms with Crippen molar-refractivity contribution in [1.82, 2.24) is 0 Å². The molecular formula is C22H22N2O4. The molecule has 0 fully saturated rings. The van der Waals surface area contributed by atoms with E-state index in [9.17, 15) is 9.59 Å². The molecule has 1 heterocycles. The van der Waals surface area contributed by atoms with Gasteiger partial charge in [-0.25, -0.2) is 0 Å². The highest BCUT2D eigenvalue weighted by Gasteiger charge is 2.10. The van der Waals surface area contributed by atoms with Crippen LogP contribution < -0.4 is 15.4 Å². The number of furan rings is 1. The largest absolute Gasteiger partial charge is 0.484 e. The molecule has 28 heavy (non-hydrogen) atoms. The molecule has 6 nitrogen and oxygen atoms in total. The minimum absolute atomic E-state index is 0.137. The fourth-order valence-electron chi connectivity index (χ4n) is 2.59. The van der Waals surface area contributed by atoms with E-state index in [4.69, 9.17) is 9.15 Å². The third-order valence-electron chi connectivity index (χ3n) is 4.04. The van der Waals surface area contributed by atoms with Gasteiger partial charge in [0.1, 0.15) is 5.75 Å². The van der Waals surface area contributed by atoms with Gasteiger partial charge in [-0.05, 0) is 47.9 Å². The van der Waals surface area contributed by atoms with Crippen molar-refractivity contribution >= 4 is 23.2 Å². The highest BCUT2D eigenvalue weighted by molar-refractivity contribution is 6.02. The Kier molecular flexibility index (Phi) is 6.11. The molecule has 0 saturated carbocycles. The minimum atomic E-state index is -0.357. The number of carbonyl (C=O) groups is 2. The van der Waals surface area contributed by atoms with E-state index < -0.39 is 0 Å². The van der Waals surface area contributed by atoms with Crippen molar-refractivity contribution in [3.05, 3.63) is 78.3 Å². The van der Waals surface area contributed by atoms with Gasteiger partial charge in [0, 0.05) is 17.4 Å². The summed E-state index contributed by atoms with van der Waals surface area (Å²) in [4.78, 5) is 24.2. The third kappa shape index (κ3) is 5.23. The number of anilines is 2. The van der Waals surface area contributed by atoms with E-state index in [0.717, 1.165) is 11.3 Å². The average molecular weight is 378 g/mol. The first-order valence-corrected chi connectivity index (χ1v) is 8.99. The summed E-state index contributed by atoms with van der Waals surface area (Å²) >= 11 is 0. The molecule has 0 spiro atoms. The normalized spacial score (nSPS) is 10.5. The maximum Gasteiger partial charge on any atom is 0.291 e. The van der Waals surface area contributed by atoms with Crippen LogP contribution in [0.1, 0.15) is 35.9 Å². The summed E-state index contributed by atoms with van der Waals surface area (Å²) < 4.78 is 10.6. The molecule has 0 aliphatic heterocycles. The number of hydrogen-bond donors (Lipinski definition) is 2. The van der Waals surface area contributed by atoms with Gasteiger partial charge in [-0.15, -0.1) is 0 Å². The molecule has 6 heteroatoms. The smallest absolute Gasteiger partial charge is 0.291 e. The van der Waals surface area contributed by atoms with Gasteiger partial charge in [-0.2, -0.15) is 0 Å². The maximum atomic E-state index is 12.2. The Labute approximate surface area is 163 Å². The molecule has 0 unspecified atom stereocenters. The van der Waals surface area contributed by atoms with Crippen molar-refractivity contribution in [3.63, 3.8) is 0 Å². The van der Waals surface area contributed by atoms with Crippen molar-refractivity contribution in [2.75, 3.05) is 17.2 Å². The fraction of sp³-hybridized carbons (Fsp3) is 0.182. The number of carbonyl (C=O) groups excluding carboxylic acids is 2. The highest BCUT2D eigenvalue weighted by Crippen LogP contribution is 2.20. The number of ether oxygens (including phenoxy) is 1. The van der Waals surface area contributed by atoms with Crippen molar-refractivity contribution in [3.8, 4) is 5.75 Å². The quantitative estimate of drug-likeness (QED) is 0.626. The molecule has 0 aliphatic carbocycles. The van der Waals surface area contributed by atoms with Gasteiger partial charge in [-0.1, -0.05) is 32.0 Å². The summed E-state index contributed by atoms with van der Waals surface area (Å²) in [6, 6.07) is 17.8. The van der Waals surface area contributed by atoms with Crippen LogP contribution in [0.15, 0.2) is 71.3 Å². The van der Waals surface area contributed by atoms with Gasteiger partial charge in [0.05, 0.1) is 6.26 Å². The number of amides is 2. The molecule has 144 valence electrons. The van der Waals surface area contributed by atoms with E-state index in [1.54, 1.807) is 36.4 Å². The van der Waals surface area contributed by atoms with Gasteiger partial charge in [0.15, 0.2) is 12.4 Å². The minimum Gasteiger partial charge on any atom is -0.484 e. The number of rotatable bonds is 7. The Morgan fingerprint density at radius 3 is 2.43 bits per heavy atom. The fourth-order valence-corrected chi connectivity index (χ4v) is 2.59. The van der Waals surface area contributed by atoms with Crippen LogP contribution in [-0.4, -0.2) is 18.4 Å². The Hall–Kier alpha value is -3.54. The lowest BCUT2D eigenvalue weighted by atomic mass is 10.0. The van der Waals surface area contributed by atoms with E-state index in [0.29, 0.717) is 17.4 Å². The Balaban J connectivity index is 1.55. The molecule has 3 rings (SSSR count). The van der Waals surface area contributed by atoms with Crippen LogP contribution in [0.25, 0.3) is 0 Å². The van der Waals surface area contributed by atoms with Gasteiger partial charge in [0.2, 0.25) is 0 Å². The predicted octanol–water partition coefficient (Wildman–Crippen LogP) is 4.67. The molecule has 0 bridgehead atoms. The topological polar surface area (TPSA) is 80.6 Å². The van der Waals surface area contributed by atoms with Crippen molar-refractivity contribution < 1.29 is 18.7 Å². The first-order valence-electron chi connectivity index (χ1n) is 8.99. The Morgan fingerprint density at radius 1 is 0.964 bits per heavy atom. The van der Waals surface area contributed by atoms with Gasteiger partial charge in [-0.3, -0.25) is 9.59 Å². The second-order valence-electron chi connectivity index (χ2n) is 6.58. The average Bonchev–Trinajstić information content (AvgIpc) is 3.22. The predicted molar refractivity (Wildman–Crippen MR) is 108 cm³/mol. The number of benzene rings is 2. The van der Waals surface area contributed by atoms with Crippen molar-refractivity contribution in [2.45, 2.75) is 19.8 Å². The lowest BCUT2D eigenvalue weighted by Crippen LogP contribution is -2.20. The summed E-state index contributed by atoms with van der Waals surface area (Å²) in [6.45, 7) is 4.06. The SMILES string of the molecule is CC(C)c1cccc(NC(=O)COc2cccc(NC(=O)c3ccco3)c2)c1. The van der Waals surface area contributed by atoms with Crippen LogP contribution in [0.2, 0.25) is 0 Å². The Morgan fingerprint density at radius 2 is 1.71 bits per heavy atom. The molecule has 1 aromatic heterocycles. The first-order chi connectivity index (χ1) is 13.5. The van der Waals surface area contributed by atoms with E-state index in [2.05, 4.69) is 24.5 Å². The zero-order chi connectivity index (χ0) is 19.9. The number of hydrogen-bond acceptors (Lipinski definition) is 4. The first kappa shape index (κ1) is 19.2. The summed E-state index contributed by atoms with van der Waals surface area (Å²) in [6.07, 6.45) is 1.43. The van der Waals surface area contributed by atoms with Crippen LogP contribution in [0, 0.1) is 0 Å². The van der Waals surface area contributed by atoms with Gasteiger partial charge in [0.25, 0.3) is 11.8 Å². The number of nitrogens with one attached hydrogen (secondary N) is 2. The van der Waals surface area contributed by atoms with Gasteiger partial charge < -0.3 is 19.8 Å². The summed E-state index contributed by atoms with van der Waals surface area (Å²) in [5.41, 5.74) is 2.43. The molecule has 2 N–H and O–H groups in total. The second kappa shape index (κ2) is 8.90. The molecule has 0 saturated heterocycles. The standard InChI is InChI=1S/C22H22N2O4/c1-15(2)16-6-3-7-17(12-16)23-21(25)14-28-19-9-4-8-18(13-19)24-22(26)20-10-5-11-27-20/h3-13,15H,14H2,1-2H3,(H,23,25)(H,24,26). The van der Waals surface area contributed by atoms with E-state index in [1.807, 2.05) is 24.3 Å². The molecule has 2 aromatic carbocycles. The van der Waals surface area contributed by atoms with Crippen LogP contribution in [-0.2, 0) is 4.79 Å². The molecular weight excluding hydrogens is 356 g/mol. The van der Waals surface area contributed by atoms with E-state index in [-0.39, 0.29) is 24.2 Å². The summed E-state index contributed by atoms with van der Waals surface area (Å²) in [7, 11) is 0. The lowest BCUT2D eigenvalue weighted by molar-refractivity contribution is -0.118. The van der Waals surface area contributed by atoms with Crippen LogP contribution in [0.5, 0.6) is 5.75 Å². The maximum absolute atomic E-state index is 12.2. The lowest BCUT2D eigenvalue weighted by Gasteiger charge is -2.11. The van der Waals surface area contributed by atoms with Gasteiger partial charge >= 0.3 is 0 Å². The van der Waals surface area contributed by atoms with Crippen molar-refractivity contribution in [1.29, 1.82) is 0 Å². The van der Waals surface area contributed by atoms with Crippen LogP contribution in [0.4, 0.5) is 11.4 Å². The zero-order valence-electron chi connectivity index (χ0n) is 15.8. The van der Waals surface area contributed by atoms with Crippen LogP contribution in [0.3, 0.4) is 0 Å². The molecule has 2 amide bonds. The van der Waals surface area contributed by atoms with Crippen molar-refractivity contribution in [2.24, 2.45) is 0 Å².